The third-order valence-electron chi connectivity index (χ3n) is 3.87. The first-order valence-corrected chi connectivity index (χ1v) is 6.68. The summed E-state index contributed by atoms with van der Waals surface area (Å²) in [6, 6.07) is 3.40. The van der Waals surface area contributed by atoms with Gasteiger partial charge in [0.2, 0.25) is 0 Å². The number of morpholine rings is 1. The normalized spacial score (nSPS) is 27.3. The summed E-state index contributed by atoms with van der Waals surface area (Å²) < 4.78 is 19.9. The van der Waals surface area contributed by atoms with Crippen LogP contribution in [0.2, 0.25) is 5.02 Å². The molecule has 0 bridgehead atoms. The van der Waals surface area contributed by atoms with E-state index in [9.17, 15) is 4.39 Å². The molecule has 2 atom stereocenters. The van der Waals surface area contributed by atoms with E-state index in [0.717, 1.165) is 19.3 Å². The number of ether oxygens (including phenoxy) is 1. The molecule has 3 rings (SSSR count). The molecule has 0 aromatic heterocycles. The molecule has 3 nitrogen and oxygen atoms in total. The third kappa shape index (κ3) is 1.84. The van der Waals surface area contributed by atoms with E-state index >= 15 is 0 Å². The zero-order chi connectivity index (χ0) is 12.7. The van der Waals surface area contributed by atoms with Crippen molar-refractivity contribution in [2.75, 3.05) is 23.8 Å². The summed E-state index contributed by atoms with van der Waals surface area (Å²) in [7, 11) is 0. The summed E-state index contributed by atoms with van der Waals surface area (Å²) in [6.45, 7) is 1.29. The van der Waals surface area contributed by atoms with E-state index in [4.69, 9.17) is 22.1 Å². The molecule has 1 saturated carbocycles. The monoisotopic (exact) mass is 270 g/mol. The van der Waals surface area contributed by atoms with Crippen LogP contribution in [0.3, 0.4) is 0 Å². The summed E-state index contributed by atoms with van der Waals surface area (Å²) in [5.41, 5.74) is 6.82. The van der Waals surface area contributed by atoms with Crippen molar-refractivity contribution in [1.82, 2.24) is 0 Å². The van der Waals surface area contributed by atoms with Crippen LogP contribution >= 0.6 is 11.6 Å². The molecule has 2 unspecified atom stereocenters. The highest BCUT2D eigenvalue weighted by molar-refractivity contribution is 6.31. The zero-order valence-electron chi connectivity index (χ0n) is 10.0. The third-order valence-corrected chi connectivity index (χ3v) is 4.16. The summed E-state index contributed by atoms with van der Waals surface area (Å²) in [4.78, 5) is 2.04. The number of rotatable bonds is 1. The predicted molar refractivity (Wildman–Crippen MR) is 70.5 cm³/mol. The number of nitrogens with zero attached hydrogens (tertiary/aromatic N) is 1. The highest BCUT2D eigenvalue weighted by Crippen LogP contribution is 2.38. The van der Waals surface area contributed by atoms with E-state index in [0.29, 0.717) is 24.5 Å². The number of nitrogen functional groups attached to an aromatic ring is 1. The van der Waals surface area contributed by atoms with Crippen molar-refractivity contribution in [3.63, 3.8) is 0 Å². The number of fused-ring (bicyclic) bond motifs is 1. The predicted octanol–water partition coefficient (Wildman–Crippen LogP) is 2.82. The van der Waals surface area contributed by atoms with Crippen LogP contribution in [0.4, 0.5) is 15.8 Å². The van der Waals surface area contributed by atoms with E-state index in [2.05, 4.69) is 0 Å². The van der Waals surface area contributed by atoms with Gasteiger partial charge in [-0.05, 0) is 31.4 Å². The second kappa shape index (κ2) is 4.59. The second-order valence-corrected chi connectivity index (χ2v) is 5.31. The van der Waals surface area contributed by atoms with Gasteiger partial charge in [-0.1, -0.05) is 11.6 Å². The molecule has 1 aromatic carbocycles. The maximum absolute atomic E-state index is 14.2. The molecule has 2 fully saturated rings. The summed E-state index contributed by atoms with van der Waals surface area (Å²) in [6.07, 6.45) is 3.39. The van der Waals surface area contributed by atoms with Crippen molar-refractivity contribution in [2.45, 2.75) is 31.4 Å². The van der Waals surface area contributed by atoms with Gasteiger partial charge in [0, 0.05) is 6.54 Å². The van der Waals surface area contributed by atoms with Crippen molar-refractivity contribution >= 4 is 23.0 Å². The molecule has 18 heavy (non-hydrogen) atoms. The maximum Gasteiger partial charge on any atom is 0.167 e. The van der Waals surface area contributed by atoms with Crippen LogP contribution in [0.15, 0.2) is 12.1 Å². The SMILES string of the molecule is Nc1ccc(Cl)c(F)c1N1CCOC2CCCC21. The molecule has 1 saturated heterocycles. The van der Waals surface area contributed by atoms with E-state index in [1.807, 2.05) is 4.90 Å². The number of halogens is 2. The Kier molecular flexibility index (Phi) is 3.08. The van der Waals surface area contributed by atoms with Gasteiger partial charge in [-0.3, -0.25) is 0 Å². The van der Waals surface area contributed by atoms with E-state index in [-0.39, 0.29) is 17.2 Å². The van der Waals surface area contributed by atoms with Crippen molar-refractivity contribution < 1.29 is 9.13 Å². The van der Waals surface area contributed by atoms with Gasteiger partial charge in [0.05, 0.1) is 35.2 Å². The van der Waals surface area contributed by atoms with Gasteiger partial charge in [-0.25, -0.2) is 4.39 Å². The molecule has 1 heterocycles. The van der Waals surface area contributed by atoms with Crippen LogP contribution in [0, 0.1) is 5.82 Å². The van der Waals surface area contributed by atoms with Crippen LogP contribution < -0.4 is 10.6 Å². The largest absolute Gasteiger partial charge is 0.397 e. The minimum absolute atomic E-state index is 0.125. The summed E-state index contributed by atoms with van der Waals surface area (Å²) in [5.74, 6) is -0.413. The van der Waals surface area contributed by atoms with Crippen molar-refractivity contribution in [2.24, 2.45) is 0 Å². The van der Waals surface area contributed by atoms with Crippen LogP contribution in [-0.4, -0.2) is 25.3 Å². The highest BCUT2D eigenvalue weighted by Gasteiger charge is 2.38. The zero-order valence-corrected chi connectivity index (χ0v) is 10.8. The lowest BCUT2D eigenvalue weighted by Gasteiger charge is -2.40. The van der Waals surface area contributed by atoms with Gasteiger partial charge < -0.3 is 15.4 Å². The Morgan fingerprint density at radius 3 is 3.06 bits per heavy atom. The minimum Gasteiger partial charge on any atom is -0.397 e. The fourth-order valence-electron chi connectivity index (χ4n) is 3.05. The van der Waals surface area contributed by atoms with E-state index in [1.165, 1.54) is 6.07 Å². The molecule has 5 heteroatoms. The van der Waals surface area contributed by atoms with Crippen LogP contribution in [0.25, 0.3) is 0 Å². The standard InChI is InChI=1S/C13H16ClFN2O/c14-8-4-5-9(16)13(12(8)15)17-6-7-18-11-3-1-2-10(11)17/h4-5,10-11H,1-3,6-7,16H2. The Morgan fingerprint density at radius 2 is 2.22 bits per heavy atom. The van der Waals surface area contributed by atoms with Gasteiger partial charge in [-0.15, -0.1) is 0 Å². The molecule has 2 aliphatic rings. The minimum atomic E-state index is -0.413. The molecule has 2 N–H and O–H groups in total. The summed E-state index contributed by atoms with van der Waals surface area (Å²) in [5, 5.41) is 0.125. The molecule has 98 valence electrons. The molecule has 1 aromatic rings. The molecule has 1 aliphatic heterocycles. The Balaban J connectivity index is 2.01. The quantitative estimate of drug-likeness (QED) is 0.798. The average Bonchev–Trinajstić information content (AvgIpc) is 2.83. The van der Waals surface area contributed by atoms with Crippen molar-refractivity contribution in [3.8, 4) is 0 Å². The number of anilines is 2. The number of nitrogens with two attached hydrogens (primary N) is 1. The summed E-state index contributed by atoms with van der Waals surface area (Å²) >= 11 is 5.86. The average molecular weight is 271 g/mol. The lowest BCUT2D eigenvalue weighted by Crippen LogP contribution is -2.49. The lowest BCUT2D eigenvalue weighted by atomic mass is 10.1. The van der Waals surface area contributed by atoms with Gasteiger partial charge in [0.25, 0.3) is 0 Å². The lowest BCUT2D eigenvalue weighted by molar-refractivity contribution is 0.0254. The number of hydrogen-bond donors (Lipinski definition) is 1. The smallest absolute Gasteiger partial charge is 0.167 e. The van der Waals surface area contributed by atoms with E-state index < -0.39 is 5.82 Å². The van der Waals surface area contributed by atoms with Gasteiger partial charge in [0.15, 0.2) is 5.82 Å². The molecule has 0 radical (unpaired) electrons. The fourth-order valence-corrected chi connectivity index (χ4v) is 3.20. The first-order chi connectivity index (χ1) is 8.68. The van der Waals surface area contributed by atoms with Crippen LogP contribution in [0.5, 0.6) is 0 Å². The maximum atomic E-state index is 14.2. The molecular formula is C13H16ClFN2O. The first kappa shape index (κ1) is 12.1. The number of hydrogen-bond acceptors (Lipinski definition) is 3. The molecular weight excluding hydrogens is 255 g/mol. The first-order valence-electron chi connectivity index (χ1n) is 6.30. The van der Waals surface area contributed by atoms with Gasteiger partial charge in [-0.2, -0.15) is 0 Å². The topological polar surface area (TPSA) is 38.5 Å². The fraction of sp³-hybridized carbons (Fsp3) is 0.538. The Hall–Kier alpha value is -1.00. The van der Waals surface area contributed by atoms with Crippen LogP contribution in [0.1, 0.15) is 19.3 Å². The molecule has 1 aliphatic carbocycles. The van der Waals surface area contributed by atoms with Gasteiger partial charge >= 0.3 is 0 Å². The van der Waals surface area contributed by atoms with Crippen molar-refractivity contribution in [3.05, 3.63) is 23.0 Å². The highest BCUT2D eigenvalue weighted by atomic mass is 35.5. The second-order valence-electron chi connectivity index (χ2n) is 4.90. The van der Waals surface area contributed by atoms with Gasteiger partial charge in [0.1, 0.15) is 0 Å². The van der Waals surface area contributed by atoms with Crippen LogP contribution in [-0.2, 0) is 4.74 Å². The Labute approximate surface area is 111 Å². The molecule has 0 spiro atoms. The van der Waals surface area contributed by atoms with Crippen molar-refractivity contribution in [1.29, 1.82) is 0 Å². The Morgan fingerprint density at radius 1 is 1.39 bits per heavy atom. The Bertz CT molecular complexity index is 469. The van der Waals surface area contributed by atoms with E-state index in [1.54, 1.807) is 6.07 Å². The molecule has 0 amide bonds. The number of benzene rings is 1.